The molecule has 0 saturated heterocycles. The van der Waals surface area contributed by atoms with E-state index >= 15 is 0 Å². The van der Waals surface area contributed by atoms with Crippen LogP contribution in [0.4, 0.5) is 5.69 Å². The lowest BCUT2D eigenvalue weighted by molar-refractivity contribution is -0.384. The lowest BCUT2D eigenvalue weighted by Gasteiger charge is -2.21. The van der Waals surface area contributed by atoms with Crippen LogP contribution in [-0.4, -0.2) is 49.6 Å². The summed E-state index contributed by atoms with van der Waals surface area (Å²) in [5, 5.41) is 20.4. The number of nitro benzene ring substituents is 1. The van der Waals surface area contributed by atoms with E-state index in [-0.39, 0.29) is 36.4 Å². The highest BCUT2D eigenvalue weighted by Gasteiger charge is 2.33. The first-order valence-corrected chi connectivity index (χ1v) is 7.30. The molecule has 1 saturated carbocycles. The maximum atomic E-state index is 12.6. The molecule has 1 aromatic heterocycles. The molecule has 8 nitrogen and oxygen atoms in total. The summed E-state index contributed by atoms with van der Waals surface area (Å²) >= 11 is 0. The molecule has 2 aromatic rings. The van der Waals surface area contributed by atoms with E-state index in [4.69, 9.17) is 5.11 Å². The highest BCUT2D eigenvalue weighted by Crippen LogP contribution is 2.30. The smallest absolute Gasteiger partial charge is 0.294 e. The van der Waals surface area contributed by atoms with Gasteiger partial charge in [0.25, 0.3) is 11.6 Å². The second-order valence-corrected chi connectivity index (χ2v) is 5.38. The van der Waals surface area contributed by atoms with E-state index in [0.29, 0.717) is 5.69 Å². The van der Waals surface area contributed by atoms with Crippen LogP contribution in [0.1, 0.15) is 23.2 Å². The molecule has 0 spiro atoms. The zero-order valence-corrected chi connectivity index (χ0v) is 12.3. The molecule has 0 radical (unpaired) electrons. The molecule has 0 aliphatic heterocycles. The zero-order chi connectivity index (χ0) is 16.4. The lowest BCUT2D eigenvalue weighted by atomic mass is 10.1. The molecule has 0 atom stereocenters. The molecule has 0 unspecified atom stereocenters. The summed E-state index contributed by atoms with van der Waals surface area (Å²) in [6, 6.07) is 4.51. The highest BCUT2D eigenvalue weighted by molar-refractivity contribution is 5.95. The van der Waals surface area contributed by atoms with Gasteiger partial charge in [0.15, 0.2) is 0 Å². The molecule has 1 aliphatic rings. The Morgan fingerprint density at radius 3 is 2.83 bits per heavy atom. The van der Waals surface area contributed by atoms with E-state index in [1.54, 1.807) is 17.2 Å². The number of nitrogens with zero attached hydrogens (tertiary/aromatic N) is 4. The minimum Gasteiger partial charge on any atom is -0.395 e. The Bertz CT molecular complexity index is 725. The minimum absolute atomic E-state index is 0.127. The van der Waals surface area contributed by atoms with Crippen LogP contribution < -0.4 is 0 Å². The van der Waals surface area contributed by atoms with Crippen LogP contribution in [-0.2, 0) is 0 Å². The fourth-order valence-corrected chi connectivity index (χ4v) is 2.53. The van der Waals surface area contributed by atoms with Crippen molar-refractivity contribution in [2.75, 3.05) is 13.2 Å². The van der Waals surface area contributed by atoms with Gasteiger partial charge >= 0.3 is 0 Å². The number of aliphatic hydroxyl groups is 1. The molecule has 1 amide bonds. The maximum Gasteiger partial charge on any atom is 0.294 e. The Labute approximate surface area is 132 Å². The van der Waals surface area contributed by atoms with Crippen LogP contribution in [0.25, 0.3) is 5.69 Å². The zero-order valence-electron chi connectivity index (χ0n) is 12.3. The van der Waals surface area contributed by atoms with Crippen molar-refractivity contribution in [3.05, 3.63) is 52.6 Å². The van der Waals surface area contributed by atoms with Gasteiger partial charge in [-0.25, -0.2) is 4.98 Å². The minimum atomic E-state index is -0.514. The van der Waals surface area contributed by atoms with Gasteiger partial charge in [0.05, 0.1) is 17.9 Å². The van der Waals surface area contributed by atoms with Gasteiger partial charge < -0.3 is 14.6 Å². The molecule has 0 bridgehead atoms. The fraction of sp³-hybridized carbons (Fsp3) is 0.333. The van der Waals surface area contributed by atoms with Crippen LogP contribution in [0.3, 0.4) is 0 Å². The first kappa shape index (κ1) is 15.2. The van der Waals surface area contributed by atoms with Crippen molar-refractivity contribution in [3.8, 4) is 5.69 Å². The summed E-state index contributed by atoms with van der Waals surface area (Å²) in [6.07, 6.45) is 6.40. The van der Waals surface area contributed by atoms with Crippen LogP contribution >= 0.6 is 0 Å². The molecule has 23 heavy (non-hydrogen) atoms. The Hall–Kier alpha value is -2.74. The molecule has 120 valence electrons. The van der Waals surface area contributed by atoms with E-state index in [0.717, 1.165) is 12.8 Å². The van der Waals surface area contributed by atoms with E-state index in [9.17, 15) is 14.9 Å². The largest absolute Gasteiger partial charge is 0.395 e. The third kappa shape index (κ3) is 3.07. The highest BCUT2D eigenvalue weighted by atomic mass is 16.6. The van der Waals surface area contributed by atoms with E-state index in [1.165, 1.54) is 29.2 Å². The summed E-state index contributed by atoms with van der Waals surface area (Å²) in [5.74, 6) is -0.290. The van der Waals surface area contributed by atoms with Crippen molar-refractivity contribution < 1.29 is 14.8 Å². The molecular formula is C15H16N4O4. The second kappa shape index (κ2) is 6.17. The van der Waals surface area contributed by atoms with Crippen molar-refractivity contribution in [1.82, 2.24) is 14.5 Å². The molecule has 1 fully saturated rings. The van der Waals surface area contributed by atoms with Crippen LogP contribution in [0.2, 0.25) is 0 Å². The van der Waals surface area contributed by atoms with Gasteiger partial charge in [-0.3, -0.25) is 14.9 Å². The lowest BCUT2D eigenvalue weighted by Crippen LogP contribution is -2.35. The molecule has 3 rings (SSSR count). The van der Waals surface area contributed by atoms with Gasteiger partial charge in [-0.1, -0.05) is 0 Å². The van der Waals surface area contributed by atoms with Crippen molar-refractivity contribution in [2.24, 2.45) is 0 Å². The normalized spacial score (nSPS) is 13.8. The third-order valence-corrected chi connectivity index (χ3v) is 3.79. The first-order valence-electron chi connectivity index (χ1n) is 7.30. The molecule has 1 aromatic carbocycles. The molecule has 8 heteroatoms. The van der Waals surface area contributed by atoms with Crippen molar-refractivity contribution in [2.45, 2.75) is 18.9 Å². The van der Waals surface area contributed by atoms with Gasteiger partial charge in [0, 0.05) is 36.6 Å². The Morgan fingerprint density at radius 2 is 2.26 bits per heavy atom. The Morgan fingerprint density at radius 1 is 1.48 bits per heavy atom. The third-order valence-electron chi connectivity index (χ3n) is 3.79. The second-order valence-electron chi connectivity index (χ2n) is 5.38. The van der Waals surface area contributed by atoms with Gasteiger partial charge in [-0.05, 0) is 25.0 Å². The number of carbonyl (C=O) groups is 1. The number of carbonyl (C=O) groups excluding carboxylic acids is 1. The number of imidazole rings is 1. The average molecular weight is 316 g/mol. The molecule has 1 aliphatic carbocycles. The summed E-state index contributed by atoms with van der Waals surface area (Å²) in [4.78, 5) is 28.8. The first-order chi connectivity index (χ1) is 11.1. The monoisotopic (exact) mass is 316 g/mol. The van der Waals surface area contributed by atoms with Crippen LogP contribution in [0, 0.1) is 10.1 Å². The van der Waals surface area contributed by atoms with E-state index < -0.39 is 4.92 Å². The average Bonchev–Trinajstić information content (AvgIpc) is 3.24. The topological polar surface area (TPSA) is 102 Å². The number of benzene rings is 1. The summed E-state index contributed by atoms with van der Waals surface area (Å²) in [7, 11) is 0. The van der Waals surface area contributed by atoms with E-state index in [1.807, 2.05) is 0 Å². The van der Waals surface area contributed by atoms with Gasteiger partial charge in [0.2, 0.25) is 0 Å². The predicted octanol–water partition coefficient (Wildman–Crippen LogP) is 1.38. The summed E-state index contributed by atoms with van der Waals surface area (Å²) < 4.78 is 1.53. The number of aromatic nitrogens is 2. The van der Waals surface area contributed by atoms with E-state index in [2.05, 4.69) is 4.98 Å². The van der Waals surface area contributed by atoms with Crippen molar-refractivity contribution in [1.29, 1.82) is 0 Å². The van der Waals surface area contributed by atoms with Crippen molar-refractivity contribution in [3.63, 3.8) is 0 Å². The van der Waals surface area contributed by atoms with Crippen LogP contribution in [0.5, 0.6) is 0 Å². The number of hydrogen-bond acceptors (Lipinski definition) is 5. The Balaban J connectivity index is 1.96. The maximum absolute atomic E-state index is 12.6. The molecule has 1 N–H and O–H groups in total. The van der Waals surface area contributed by atoms with Crippen LogP contribution in [0.15, 0.2) is 36.9 Å². The molecular weight excluding hydrogens is 300 g/mol. The predicted molar refractivity (Wildman–Crippen MR) is 81.4 cm³/mol. The summed E-state index contributed by atoms with van der Waals surface area (Å²) in [6.45, 7) is 0.109. The standard InChI is InChI=1S/C15H16N4O4/c20-8-7-18(12-2-3-12)15(21)11-1-4-13(14(9-11)19(22)23)17-6-5-16-10-17/h1,4-6,9-10,12,20H,2-3,7-8H2. The van der Waals surface area contributed by atoms with Gasteiger partial charge in [-0.15, -0.1) is 0 Å². The number of nitro groups is 1. The number of amides is 1. The quantitative estimate of drug-likeness (QED) is 0.641. The number of hydrogen-bond donors (Lipinski definition) is 1. The number of aliphatic hydroxyl groups excluding tert-OH is 1. The Kier molecular flexibility index (Phi) is 4.07. The summed E-state index contributed by atoms with van der Waals surface area (Å²) in [5.41, 5.74) is 0.443. The number of rotatable bonds is 6. The molecule has 1 heterocycles. The fourth-order valence-electron chi connectivity index (χ4n) is 2.53. The van der Waals surface area contributed by atoms with Crippen molar-refractivity contribution >= 4 is 11.6 Å². The van der Waals surface area contributed by atoms with Gasteiger partial charge in [-0.2, -0.15) is 0 Å². The van der Waals surface area contributed by atoms with Gasteiger partial charge in [0.1, 0.15) is 5.69 Å². The SMILES string of the molecule is O=C(c1ccc(-n2ccnc2)c([N+](=O)[O-])c1)N(CCO)C1CC1.